The Bertz CT molecular complexity index is 455. The van der Waals surface area contributed by atoms with E-state index >= 15 is 0 Å². The van der Waals surface area contributed by atoms with Gasteiger partial charge in [0, 0.05) is 36.7 Å². The number of nitriles is 1. The van der Waals surface area contributed by atoms with Crippen molar-refractivity contribution in [3.8, 4) is 6.07 Å². The summed E-state index contributed by atoms with van der Waals surface area (Å²) in [7, 11) is 0. The number of nitrogens with one attached hydrogen (secondary N) is 1. The van der Waals surface area contributed by atoms with Gasteiger partial charge < -0.3 is 5.32 Å². The molecule has 0 unspecified atom stereocenters. The molecule has 0 saturated carbocycles. The average Bonchev–Trinajstić information content (AvgIpc) is 2.39. The Balaban J connectivity index is 2.43. The highest BCUT2D eigenvalue weighted by Crippen LogP contribution is 2.17. The van der Waals surface area contributed by atoms with Crippen molar-refractivity contribution in [1.82, 2.24) is 10.2 Å². The highest BCUT2D eigenvalue weighted by atomic mass is 35.5. The first-order valence-electron chi connectivity index (χ1n) is 7.10. The maximum absolute atomic E-state index is 8.80. The van der Waals surface area contributed by atoms with E-state index in [-0.39, 0.29) is 0 Å². The van der Waals surface area contributed by atoms with Crippen LogP contribution >= 0.6 is 11.6 Å². The smallest absolute Gasteiger partial charge is 0.0992 e. The lowest BCUT2D eigenvalue weighted by Gasteiger charge is -2.30. The Morgan fingerprint density at radius 3 is 2.40 bits per heavy atom. The fourth-order valence-electron chi connectivity index (χ4n) is 2.30. The fraction of sp³-hybridized carbons (Fsp3) is 0.562. The van der Waals surface area contributed by atoms with E-state index in [2.05, 4.69) is 44.0 Å². The number of hydrogen-bond donors (Lipinski definition) is 1. The van der Waals surface area contributed by atoms with Crippen LogP contribution in [0.2, 0.25) is 5.02 Å². The molecule has 0 bridgehead atoms. The Hall–Kier alpha value is -1.08. The zero-order valence-corrected chi connectivity index (χ0v) is 13.5. The molecule has 0 amide bonds. The minimum Gasteiger partial charge on any atom is -0.311 e. The molecule has 0 aliphatic heterocycles. The maximum Gasteiger partial charge on any atom is 0.0992 e. The zero-order valence-electron chi connectivity index (χ0n) is 12.8. The van der Waals surface area contributed by atoms with Crippen LogP contribution in [0, 0.1) is 11.3 Å². The van der Waals surface area contributed by atoms with Crippen LogP contribution in [0.5, 0.6) is 0 Å². The van der Waals surface area contributed by atoms with E-state index in [9.17, 15) is 0 Å². The normalized spacial score (nSPS) is 11.3. The van der Waals surface area contributed by atoms with Gasteiger partial charge in [-0.2, -0.15) is 5.26 Å². The minimum absolute atomic E-state index is 0.551. The summed E-state index contributed by atoms with van der Waals surface area (Å²) in [6, 6.07) is 8.62. The number of rotatable bonds is 7. The second-order valence-corrected chi connectivity index (χ2v) is 5.93. The number of nitrogens with zero attached hydrogens (tertiary/aromatic N) is 2. The lowest BCUT2D eigenvalue weighted by atomic mass is 10.1. The molecule has 1 N–H and O–H groups in total. The summed E-state index contributed by atoms with van der Waals surface area (Å²) in [6.07, 6.45) is 0. The molecule has 0 aromatic heterocycles. The van der Waals surface area contributed by atoms with Crippen molar-refractivity contribution in [2.24, 2.45) is 0 Å². The molecule has 4 heteroatoms. The van der Waals surface area contributed by atoms with Crippen LogP contribution < -0.4 is 5.32 Å². The summed E-state index contributed by atoms with van der Waals surface area (Å²) >= 11 is 6.15. The molecule has 1 rings (SSSR count). The highest BCUT2D eigenvalue weighted by Gasteiger charge is 2.12. The second kappa shape index (κ2) is 8.26. The van der Waals surface area contributed by atoms with Gasteiger partial charge in [0.15, 0.2) is 0 Å². The molecular formula is C16H24ClN3. The molecule has 0 spiro atoms. The molecular weight excluding hydrogens is 270 g/mol. The molecule has 1 aromatic rings. The SMILES string of the molecule is CC(C)N(CCNCc1ccc(C#N)cc1Cl)C(C)C. The summed E-state index contributed by atoms with van der Waals surface area (Å²) in [5.74, 6) is 0. The van der Waals surface area contributed by atoms with E-state index < -0.39 is 0 Å². The summed E-state index contributed by atoms with van der Waals surface area (Å²) in [6.45, 7) is 11.6. The Morgan fingerprint density at radius 1 is 1.25 bits per heavy atom. The zero-order chi connectivity index (χ0) is 15.1. The van der Waals surface area contributed by atoms with Gasteiger partial charge in [0.25, 0.3) is 0 Å². The van der Waals surface area contributed by atoms with Crippen LogP contribution in [-0.4, -0.2) is 30.1 Å². The van der Waals surface area contributed by atoms with Crippen molar-refractivity contribution < 1.29 is 0 Å². The van der Waals surface area contributed by atoms with Gasteiger partial charge in [0.05, 0.1) is 11.6 Å². The minimum atomic E-state index is 0.551. The van der Waals surface area contributed by atoms with Gasteiger partial charge >= 0.3 is 0 Å². The van der Waals surface area contributed by atoms with E-state index in [4.69, 9.17) is 16.9 Å². The average molecular weight is 294 g/mol. The van der Waals surface area contributed by atoms with Crippen LogP contribution in [0.1, 0.15) is 38.8 Å². The summed E-state index contributed by atoms with van der Waals surface area (Å²) in [5.41, 5.74) is 1.64. The predicted molar refractivity (Wildman–Crippen MR) is 84.9 cm³/mol. The van der Waals surface area contributed by atoms with E-state index in [1.165, 1.54) is 0 Å². The number of hydrogen-bond acceptors (Lipinski definition) is 3. The van der Waals surface area contributed by atoms with Crippen molar-refractivity contribution >= 4 is 11.6 Å². The third-order valence-corrected chi connectivity index (χ3v) is 3.72. The molecule has 0 radical (unpaired) electrons. The van der Waals surface area contributed by atoms with Crippen LogP contribution in [0.25, 0.3) is 0 Å². The molecule has 3 nitrogen and oxygen atoms in total. The molecule has 0 fully saturated rings. The van der Waals surface area contributed by atoms with Gasteiger partial charge in [-0.15, -0.1) is 0 Å². The Morgan fingerprint density at radius 2 is 1.90 bits per heavy atom. The van der Waals surface area contributed by atoms with Crippen molar-refractivity contribution in [2.45, 2.75) is 46.3 Å². The van der Waals surface area contributed by atoms with E-state index in [0.29, 0.717) is 22.7 Å². The van der Waals surface area contributed by atoms with Gasteiger partial charge in [-0.05, 0) is 45.4 Å². The highest BCUT2D eigenvalue weighted by molar-refractivity contribution is 6.31. The molecule has 1 aromatic carbocycles. The second-order valence-electron chi connectivity index (χ2n) is 5.52. The van der Waals surface area contributed by atoms with Crippen molar-refractivity contribution in [3.05, 3.63) is 34.3 Å². The quantitative estimate of drug-likeness (QED) is 0.783. The van der Waals surface area contributed by atoms with Gasteiger partial charge in [0.1, 0.15) is 0 Å². The standard InChI is InChI=1S/C16H24ClN3/c1-12(2)20(13(3)4)8-7-19-11-15-6-5-14(10-18)9-16(15)17/h5-6,9,12-13,19H,7-8,11H2,1-4H3. The summed E-state index contributed by atoms with van der Waals surface area (Å²) < 4.78 is 0. The molecule has 0 heterocycles. The molecule has 20 heavy (non-hydrogen) atoms. The van der Waals surface area contributed by atoms with Crippen LogP contribution in [0.3, 0.4) is 0 Å². The summed E-state index contributed by atoms with van der Waals surface area (Å²) in [4.78, 5) is 2.45. The molecule has 0 aliphatic carbocycles. The lowest BCUT2D eigenvalue weighted by molar-refractivity contribution is 0.176. The topological polar surface area (TPSA) is 39.1 Å². The van der Waals surface area contributed by atoms with E-state index in [1.807, 2.05) is 6.07 Å². The van der Waals surface area contributed by atoms with Gasteiger partial charge in [-0.1, -0.05) is 17.7 Å². The van der Waals surface area contributed by atoms with E-state index in [0.717, 1.165) is 25.2 Å². The van der Waals surface area contributed by atoms with Gasteiger partial charge in [-0.25, -0.2) is 0 Å². The molecule has 0 saturated heterocycles. The fourth-order valence-corrected chi connectivity index (χ4v) is 2.55. The van der Waals surface area contributed by atoms with Crippen LogP contribution in [-0.2, 0) is 6.54 Å². The Kier molecular flexibility index (Phi) is 7.01. The number of halogens is 1. The van der Waals surface area contributed by atoms with E-state index in [1.54, 1.807) is 12.1 Å². The summed E-state index contributed by atoms with van der Waals surface area (Å²) in [5, 5.41) is 12.9. The maximum atomic E-state index is 8.80. The number of benzene rings is 1. The molecule has 0 atom stereocenters. The first kappa shape index (κ1) is 17.0. The van der Waals surface area contributed by atoms with Crippen molar-refractivity contribution in [1.29, 1.82) is 5.26 Å². The largest absolute Gasteiger partial charge is 0.311 e. The van der Waals surface area contributed by atoms with Crippen LogP contribution in [0.15, 0.2) is 18.2 Å². The first-order chi connectivity index (χ1) is 9.45. The third-order valence-electron chi connectivity index (χ3n) is 3.37. The monoisotopic (exact) mass is 293 g/mol. The van der Waals surface area contributed by atoms with Crippen molar-refractivity contribution in [2.75, 3.05) is 13.1 Å². The third kappa shape index (κ3) is 5.13. The Labute approximate surface area is 127 Å². The lowest BCUT2D eigenvalue weighted by Crippen LogP contribution is -2.41. The van der Waals surface area contributed by atoms with Gasteiger partial charge in [0.2, 0.25) is 0 Å². The first-order valence-corrected chi connectivity index (χ1v) is 7.48. The van der Waals surface area contributed by atoms with Crippen molar-refractivity contribution in [3.63, 3.8) is 0 Å². The van der Waals surface area contributed by atoms with Gasteiger partial charge in [-0.3, -0.25) is 4.90 Å². The van der Waals surface area contributed by atoms with Crippen LogP contribution in [0.4, 0.5) is 0 Å². The molecule has 110 valence electrons. The predicted octanol–water partition coefficient (Wildman–Crippen LogP) is 3.42. The molecule has 0 aliphatic rings.